The number of halogens is 1. The van der Waals surface area contributed by atoms with Crippen molar-refractivity contribution in [1.82, 2.24) is 15.1 Å². The van der Waals surface area contributed by atoms with Crippen LogP contribution in [0.5, 0.6) is 0 Å². The van der Waals surface area contributed by atoms with Gasteiger partial charge in [-0.2, -0.15) is 5.10 Å². The van der Waals surface area contributed by atoms with Crippen molar-refractivity contribution in [3.05, 3.63) is 51.8 Å². The van der Waals surface area contributed by atoms with Crippen LogP contribution in [0.4, 0.5) is 0 Å². The summed E-state index contributed by atoms with van der Waals surface area (Å²) in [5.41, 5.74) is 2.86. The maximum absolute atomic E-state index is 12.0. The van der Waals surface area contributed by atoms with Gasteiger partial charge in [-0.05, 0) is 50.1 Å². The quantitative estimate of drug-likeness (QED) is 0.899. The molecular weight excluding hydrogens is 330 g/mol. The van der Waals surface area contributed by atoms with Gasteiger partial charge in [0.25, 0.3) is 5.91 Å². The Morgan fingerprint density at radius 3 is 2.57 bits per heavy atom. The Hall–Kier alpha value is -1.62. The van der Waals surface area contributed by atoms with Crippen molar-refractivity contribution in [1.29, 1.82) is 0 Å². The van der Waals surface area contributed by atoms with Crippen LogP contribution in [-0.4, -0.2) is 22.2 Å². The largest absolute Gasteiger partial charge is 0.352 e. The lowest BCUT2D eigenvalue weighted by molar-refractivity contribution is 0.0946. The zero-order valence-electron chi connectivity index (χ0n) is 12.6. The summed E-state index contributed by atoms with van der Waals surface area (Å²) >= 11 is 3.36. The highest BCUT2D eigenvalue weighted by Gasteiger charge is 2.10. The Morgan fingerprint density at radius 2 is 2.00 bits per heavy atom. The van der Waals surface area contributed by atoms with E-state index in [0.29, 0.717) is 18.0 Å². The number of hydrogen-bond donors (Lipinski definition) is 1. The van der Waals surface area contributed by atoms with Crippen LogP contribution in [0.15, 0.2) is 34.8 Å². The van der Waals surface area contributed by atoms with Crippen LogP contribution in [0.1, 0.15) is 28.7 Å². The van der Waals surface area contributed by atoms with Gasteiger partial charge in [-0.15, -0.1) is 0 Å². The first kappa shape index (κ1) is 15.8. The number of carbonyl (C=O) groups excluding carboxylic acids is 1. The molecule has 0 spiro atoms. The maximum atomic E-state index is 12.0. The normalized spacial score (nSPS) is 12.2. The van der Waals surface area contributed by atoms with Crippen molar-refractivity contribution in [2.24, 2.45) is 5.92 Å². The van der Waals surface area contributed by atoms with Crippen LogP contribution in [0.2, 0.25) is 0 Å². The van der Waals surface area contributed by atoms with Crippen molar-refractivity contribution in [2.45, 2.75) is 27.3 Å². The van der Waals surface area contributed by atoms with Gasteiger partial charge >= 0.3 is 0 Å². The predicted octanol–water partition coefficient (Wildman–Crippen LogP) is 3.33. The smallest absolute Gasteiger partial charge is 0.251 e. The van der Waals surface area contributed by atoms with Crippen LogP contribution >= 0.6 is 15.9 Å². The summed E-state index contributed by atoms with van der Waals surface area (Å²) < 4.78 is 2.96. The fourth-order valence-electron chi connectivity index (χ4n) is 2.19. The predicted molar refractivity (Wildman–Crippen MR) is 87.3 cm³/mol. The van der Waals surface area contributed by atoms with E-state index in [1.807, 2.05) is 42.8 Å². The zero-order chi connectivity index (χ0) is 15.4. The molecule has 1 aromatic carbocycles. The second-order valence-corrected chi connectivity index (χ2v) is 6.35. The molecule has 1 amide bonds. The zero-order valence-corrected chi connectivity index (χ0v) is 14.1. The molecule has 1 aromatic heterocycles. The fraction of sp³-hybridized carbons (Fsp3) is 0.375. The second-order valence-electron chi connectivity index (χ2n) is 5.43. The summed E-state index contributed by atoms with van der Waals surface area (Å²) in [6.45, 7) is 7.59. The van der Waals surface area contributed by atoms with Crippen molar-refractivity contribution < 1.29 is 4.79 Å². The number of nitrogens with one attached hydrogen (secondary N) is 1. The SMILES string of the molecule is Cc1cc(C)n(CC(C)CNC(=O)c2ccc(Br)cc2)n1. The first-order valence-electron chi connectivity index (χ1n) is 7.00. The van der Waals surface area contributed by atoms with Gasteiger partial charge < -0.3 is 5.32 Å². The molecule has 4 nitrogen and oxygen atoms in total. The molecule has 0 fully saturated rings. The molecule has 0 aliphatic rings. The molecule has 0 radical (unpaired) electrons. The van der Waals surface area contributed by atoms with Crippen molar-refractivity contribution >= 4 is 21.8 Å². The van der Waals surface area contributed by atoms with Gasteiger partial charge in [0, 0.05) is 28.8 Å². The van der Waals surface area contributed by atoms with Gasteiger partial charge in [-0.25, -0.2) is 0 Å². The van der Waals surface area contributed by atoms with Gasteiger partial charge in [0.05, 0.1) is 5.69 Å². The summed E-state index contributed by atoms with van der Waals surface area (Å²) in [4.78, 5) is 12.0. The monoisotopic (exact) mass is 349 g/mol. The highest BCUT2D eigenvalue weighted by Crippen LogP contribution is 2.11. The first-order valence-corrected chi connectivity index (χ1v) is 7.80. The van der Waals surface area contributed by atoms with E-state index in [4.69, 9.17) is 0 Å². The van der Waals surface area contributed by atoms with E-state index < -0.39 is 0 Å². The van der Waals surface area contributed by atoms with Gasteiger partial charge in [-0.1, -0.05) is 22.9 Å². The minimum Gasteiger partial charge on any atom is -0.352 e. The number of amides is 1. The third kappa shape index (κ3) is 4.43. The Kier molecular flexibility index (Phi) is 5.17. The fourth-order valence-corrected chi connectivity index (χ4v) is 2.45. The van der Waals surface area contributed by atoms with E-state index >= 15 is 0 Å². The van der Waals surface area contributed by atoms with Gasteiger partial charge in [0.1, 0.15) is 0 Å². The number of aryl methyl sites for hydroxylation is 2. The average Bonchev–Trinajstić information content (AvgIpc) is 2.75. The van der Waals surface area contributed by atoms with Crippen LogP contribution in [0, 0.1) is 19.8 Å². The molecule has 2 rings (SSSR count). The molecule has 1 unspecified atom stereocenters. The highest BCUT2D eigenvalue weighted by atomic mass is 79.9. The van der Waals surface area contributed by atoms with Crippen LogP contribution in [-0.2, 0) is 6.54 Å². The molecular formula is C16H20BrN3O. The Bertz CT molecular complexity index is 619. The molecule has 0 saturated carbocycles. The number of rotatable bonds is 5. The number of nitrogens with zero attached hydrogens (tertiary/aromatic N) is 2. The molecule has 0 aliphatic heterocycles. The van der Waals surface area contributed by atoms with Crippen LogP contribution in [0.3, 0.4) is 0 Å². The number of hydrogen-bond acceptors (Lipinski definition) is 2. The third-order valence-corrected chi connectivity index (χ3v) is 3.83. The number of aromatic nitrogens is 2. The Morgan fingerprint density at radius 1 is 1.33 bits per heavy atom. The summed E-state index contributed by atoms with van der Waals surface area (Å²) in [7, 11) is 0. The summed E-state index contributed by atoms with van der Waals surface area (Å²) in [6, 6.07) is 9.42. The minimum atomic E-state index is -0.0392. The topological polar surface area (TPSA) is 46.9 Å². The molecule has 1 atom stereocenters. The maximum Gasteiger partial charge on any atom is 0.251 e. The van der Waals surface area contributed by atoms with Crippen molar-refractivity contribution in [2.75, 3.05) is 6.54 Å². The lowest BCUT2D eigenvalue weighted by Crippen LogP contribution is -2.30. The highest BCUT2D eigenvalue weighted by molar-refractivity contribution is 9.10. The lowest BCUT2D eigenvalue weighted by atomic mass is 10.1. The molecule has 2 aromatic rings. The van der Waals surface area contributed by atoms with Gasteiger partial charge in [0.2, 0.25) is 0 Å². The van der Waals surface area contributed by atoms with E-state index in [1.54, 1.807) is 0 Å². The van der Waals surface area contributed by atoms with E-state index in [9.17, 15) is 4.79 Å². The van der Waals surface area contributed by atoms with Crippen LogP contribution in [0.25, 0.3) is 0 Å². The van der Waals surface area contributed by atoms with Gasteiger partial charge in [-0.3, -0.25) is 9.48 Å². The van der Waals surface area contributed by atoms with E-state index in [-0.39, 0.29) is 5.91 Å². The Labute approximate surface area is 133 Å². The Balaban J connectivity index is 1.86. The molecule has 1 N–H and O–H groups in total. The number of benzene rings is 1. The van der Waals surface area contributed by atoms with E-state index in [0.717, 1.165) is 22.4 Å². The van der Waals surface area contributed by atoms with Crippen molar-refractivity contribution in [3.63, 3.8) is 0 Å². The second kappa shape index (κ2) is 6.89. The number of carbonyl (C=O) groups is 1. The van der Waals surface area contributed by atoms with Crippen molar-refractivity contribution in [3.8, 4) is 0 Å². The standard InChI is InChI=1S/C16H20BrN3O/c1-11(10-20-13(3)8-12(2)19-20)9-18-16(21)14-4-6-15(17)7-5-14/h4-8,11H,9-10H2,1-3H3,(H,18,21). The molecule has 0 aliphatic carbocycles. The molecule has 0 bridgehead atoms. The molecule has 0 saturated heterocycles. The molecule has 112 valence electrons. The summed E-state index contributed by atoms with van der Waals surface area (Å²) in [5.74, 6) is 0.283. The first-order chi connectivity index (χ1) is 9.95. The van der Waals surface area contributed by atoms with Crippen LogP contribution < -0.4 is 5.32 Å². The molecule has 21 heavy (non-hydrogen) atoms. The molecule has 5 heteroatoms. The van der Waals surface area contributed by atoms with E-state index in [2.05, 4.69) is 39.3 Å². The van der Waals surface area contributed by atoms with Gasteiger partial charge in [0.15, 0.2) is 0 Å². The van der Waals surface area contributed by atoms with E-state index in [1.165, 1.54) is 0 Å². The third-order valence-electron chi connectivity index (χ3n) is 3.31. The molecule has 1 heterocycles. The lowest BCUT2D eigenvalue weighted by Gasteiger charge is -2.14. The average molecular weight is 350 g/mol. The minimum absolute atomic E-state index is 0.0392. The summed E-state index contributed by atoms with van der Waals surface area (Å²) in [5, 5.41) is 7.41. The summed E-state index contributed by atoms with van der Waals surface area (Å²) in [6.07, 6.45) is 0.